The lowest BCUT2D eigenvalue weighted by molar-refractivity contribution is -0.139. The third kappa shape index (κ3) is 4.52. The monoisotopic (exact) mass is 308 g/mol. The molecule has 1 aromatic carbocycles. The molecule has 1 fully saturated rings. The van der Waals surface area contributed by atoms with Crippen molar-refractivity contribution in [2.24, 2.45) is 5.73 Å². The molecule has 8 heteroatoms. The minimum atomic E-state index is -1.17. The largest absolute Gasteiger partial charge is 0.481 e. The van der Waals surface area contributed by atoms with Crippen LogP contribution in [0, 0.1) is 0 Å². The minimum absolute atomic E-state index is 0.143. The van der Waals surface area contributed by atoms with Crippen molar-refractivity contribution >= 4 is 13.1 Å². The average molecular weight is 308 g/mol. The molecule has 4 atom stereocenters. The summed E-state index contributed by atoms with van der Waals surface area (Å²) in [6, 6.07) is 8.51. The molecule has 1 heterocycles. The van der Waals surface area contributed by atoms with Gasteiger partial charge in [0.2, 0.25) is 0 Å². The Hall–Kier alpha value is -1.45. The van der Waals surface area contributed by atoms with Crippen molar-refractivity contribution in [2.45, 2.75) is 43.6 Å². The van der Waals surface area contributed by atoms with Gasteiger partial charge < -0.3 is 25.6 Å². The second-order valence-electron chi connectivity index (χ2n) is 5.48. The zero-order valence-electron chi connectivity index (χ0n) is 12.1. The minimum Gasteiger partial charge on any atom is -0.481 e. The molecule has 22 heavy (non-hydrogen) atoms. The Labute approximate surface area is 129 Å². The van der Waals surface area contributed by atoms with Gasteiger partial charge in [-0.25, -0.2) is 0 Å². The van der Waals surface area contributed by atoms with Gasteiger partial charge >= 0.3 is 13.1 Å². The molecule has 0 aromatic heterocycles. The molecule has 0 saturated carbocycles. The second kappa shape index (κ2) is 7.71. The van der Waals surface area contributed by atoms with E-state index in [1.807, 2.05) is 30.3 Å². The molecule has 7 nitrogen and oxygen atoms in total. The van der Waals surface area contributed by atoms with E-state index in [1.54, 1.807) is 0 Å². The van der Waals surface area contributed by atoms with Crippen LogP contribution in [0.2, 0.25) is 0 Å². The maximum Gasteiger partial charge on any atom is 0.472 e. The van der Waals surface area contributed by atoms with Crippen molar-refractivity contribution in [1.82, 2.24) is 5.32 Å². The summed E-state index contributed by atoms with van der Waals surface area (Å²) in [6.07, 6.45) is -0.700. The predicted molar refractivity (Wildman–Crippen MR) is 80.6 cm³/mol. The van der Waals surface area contributed by atoms with Gasteiger partial charge in [-0.15, -0.1) is 0 Å². The zero-order chi connectivity index (χ0) is 16.1. The first-order chi connectivity index (χ1) is 10.5. The molecular formula is C14H21BN2O5. The summed E-state index contributed by atoms with van der Waals surface area (Å²) < 4.78 is 5.26. The molecule has 0 bridgehead atoms. The molecule has 0 unspecified atom stereocenters. The molecule has 0 amide bonds. The first-order valence-electron chi connectivity index (χ1n) is 7.27. The van der Waals surface area contributed by atoms with Crippen LogP contribution >= 0.6 is 0 Å². The number of nitrogens with two attached hydrogens (primary N) is 1. The Morgan fingerprint density at radius 2 is 2.09 bits per heavy atom. The Morgan fingerprint density at radius 1 is 1.41 bits per heavy atom. The van der Waals surface area contributed by atoms with Crippen LogP contribution < -0.4 is 11.1 Å². The zero-order valence-corrected chi connectivity index (χ0v) is 12.1. The van der Waals surface area contributed by atoms with Gasteiger partial charge in [0.25, 0.3) is 0 Å². The number of nitrogens with one attached hydrogen (secondary N) is 1. The highest BCUT2D eigenvalue weighted by atomic mass is 16.5. The van der Waals surface area contributed by atoms with Crippen molar-refractivity contribution in [3.05, 3.63) is 35.9 Å². The third-order valence-electron chi connectivity index (χ3n) is 3.79. The number of rotatable bonds is 6. The van der Waals surface area contributed by atoms with Gasteiger partial charge in [0.1, 0.15) is 6.23 Å². The van der Waals surface area contributed by atoms with E-state index in [-0.39, 0.29) is 6.42 Å². The highest BCUT2D eigenvalue weighted by Gasteiger charge is 2.37. The number of aliphatic carboxylic acids is 1. The maximum absolute atomic E-state index is 10.6. The highest BCUT2D eigenvalue weighted by molar-refractivity contribution is 6.45. The van der Waals surface area contributed by atoms with Crippen LogP contribution in [-0.4, -0.2) is 46.6 Å². The fourth-order valence-corrected chi connectivity index (χ4v) is 2.56. The highest BCUT2D eigenvalue weighted by Crippen LogP contribution is 2.20. The Kier molecular flexibility index (Phi) is 5.93. The quantitative estimate of drug-likeness (QED) is 0.359. The van der Waals surface area contributed by atoms with Gasteiger partial charge in [0, 0.05) is 5.94 Å². The molecule has 0 radical (unpaired) electrons. The van der Waals surface area contributed by atoms with E-state index in [9.17, 15) is 14.9 Å². The first-order valence-corrected chi connectivity index (χ1v) is 7.27. The van der Waals surface area contributed by atoms with Crippen molar-refractivity contribution in [3.63, 3.8) is 0 Å². The molecular weight excluding hydrogens is 287 g/mol. The fraction of sp³-hybridized carbons (Fsp3) is 0.500. The van der Waals surface area contributed by atoms with Crippen LogP contribution in [0.3, 0.4) is 0 Å². The van der Waals surface area contributed by atoms with Crippen LogP contribution in [0.15, 0.2) is 30.3 Å². The van der Waals surface area contributed by atoms with Crippen LogP contribution in [-0.2, 0) is 9.45 Å². The third-order valence-corrected chi connectivity index (χ3v) is 3.79. The smallest absolute Gasteiger partial charge is 0.472 e. The van der Waals surface area contributed by atoms with Crippen LogP contribution in [0.25, 0.3) is 0 Å². The van der Waals surface area contributed by atoms with Gasteiger partial charge in [0.05, 0.1) is 18.6 Å². The Balaban J connectivity index is 1.87. The number of hydrogen-bond acceptors (Lipinski definition) is 6. The Bertz CT molecular complexity index is 489. The number of carboxylic acid groups (broad SMARTS) is 1. The summed E-state index contributed by atoms with van der Waals surface area (Å²) in [5.74, 6) is -1.45. The fourth-order valence-electron chi connectivity index (χ4n) is 2.56. The molecule has 0 aliphatic carbocycles. The van der Waals surface area contributed by atoms with Crippen LogP contribution in [0.5, 0.6) is 0 Å². The number of carboxylic acids is 1. The van der Waals surface area contributed by atoms with Crippen LogP contribution in [0.1, 0.15) is 30.9 Å². The number of aliphatic hydroxyl groups excluding tert-OH is 1. The molecule has 1 aliphatic rings. The summed E-state index contributed by atoms with van der Waals surface area (Å²) >= 11 is 0. The normalized spacial score (nSPS) is 24.8. The van der Waals surface area contributed by atoms with Gasteiger partial charge in [-0.1, -0.05) is 30.3 Å². The lowest BCUT2D eigenvalue weighted by atomic mass is 9.72. The first kappa shape index (κ1) is 16.9. The van der Waals surface area contributed by atoms with Gasteiger partial charge in [-0.05, 0) is 18.4 Å². The van der Waals surface area contributed by atoms with E-state index in [1.165, 1.54) is 0 Å². The summed E-state index contributed by atoms with van der Waals surface area (Å²) in [7, 11) is -1.17. The number of carbonyl (C=O) groups is 1. The molecule has 1 saturated heterocycles. The average Bonchev–Trinajstić information content (AvgIpc) is 2.49. The van der Waals surface area contributed by atoms with E-state index in [0.29, 0.717) is 12.8 Å². The molecule has 2 rings (SSSR count). The van der Waals surface area contributed by atoms with Crippen molar-refractivity contribution < 1.29 is 24.7 Å². The molecule has 1 aliphatic heterocycles. The lowest BCUT2D eigenvalue weighted by Gasteiger charge is -2.33. The molecule has 0 spiro atoms. The standard InChI is InChI=1S/C14H21BN2O5/c16-13(9-4-2-1-3-5-9)14(20)17-11-7-6-10(8-12(18)19)22-15(11)21/h1-5,10-11,13-14,17,20-21H,6-8,16H2,(H,18,19)/t10-,11-,13+,14+/m0/s1. The Morgan fingerprint density at radius 3 is 2.68 bits per heavy atom. The SMILES string of the molecule is N[C@H](c1ccccc1)[C@@H](O)N[C@H]1CC[C@@H](CC(=O)O)OB1O. The van der Waals surface area contributed by atoms with E-state index in [0.717, 1.165) is 5.56 Å². The van der Waals surface area contributed by atoms with E-state index >= 15 is 0 Å². The van der Waals surface area contributed by atoms with E-state index in [4.69, 9.17) is 15.5 Å². The number of aliphatic hydroxyl groups is 1. The predicted octanol–water partition coefficient (Wildman–Crippen LogP) is -0.364. The van der Waals surface area contributed by atoms with Crippen molar-refractivity contribution in [2.75, 3.05) is 0 Å². The van der Waals surface area contributed by atoms with Gasteiger partial charge in [-0.3, -0.25) is 10.1 Å². The molecule has 6 N–H and O–H groups in total. The molecule has 120 valence electrons. The number of hydrogen-bond donors (Lipinski definition) is 5. The summed E-state index contributed by atoms with van der Waals surface area (Å²) in [4.78, 5) is 10.6. The van der Waals surface area contributed by atoms with Crippen LogP contribution in [0.4, 0.5) is 0 Å². The van der Waals surface area contributed by atoms with E-state index < -0.39 is 37.4 Å². The second-order valence-corrected chi connectivity index (χ2v) is 5.48. The summed E-state index contributed by atoms with van der Waals surface area (Å²) in [5, 5.41) is 31.7. The summed E-state index contributed by atoms with van der Waals surface area (Å²) in [6.45, 7) is 0. The molecule has 1 aromatic rings. The van der Waals surface area contributed by atoms with Gasteiger partial charge in [-0.2, -0.15) is 0 Å². The van der Waals surface area contributed by atoms with Crippen molar-refractivity contribution in [1.29, 1.82) is 0 Å². The topological polar surface area (TPSA) is 125 Å². The lowest BCUT2D eigenvalue weighted by Crippen LogP contribution is -2.56. The van der Waals surface area contributed by atoms with Crippen molar-refractivity contribution in [3.8, 4) is 0 Å². The summed E-state index contributed by atoms with van der Waals surface area (Å²) in [5.41, 5.74) is 6.76. The van der Waals surface area contributed by atoms with E-state index in [2.05, 4.69) is 5.32 Å². The maximum atomic E-state index is 10.6. The number of benzene rings is 1. The van der Waals surface area contributed by atoms with Gasteiger partial charge in [0.15, 0.2) is 0 Å².